The molecule has 0 spiro atoms. The summed E-state index contributed by atoms with van der Waals surface area (Å²) in [6, 6.07) is 17.4. The maximum Gasteiger partial charge on any atom is 0.129 e. The smallest absolute Gasteiger partial charge is 0.129 e. The summed E-state index contributed by atoms with van der Waals surface area (Å²) in [5.41, 5.74) is 13.2. The van der Waals surface area contributed by atoms with E-state index in [4.69, 9.17) is 0 Å². The van der Waals surface area contributed by atoms with Gasteiger partial charge in [-0.25, -0.2) is 4.39 Å². The predicted molar refractivity (Wildman–Crippen MR) is 163 cm³/mol. The summed E-state index contributed by atoms with van der Waals surface area (Å²) in [4.78, 5) is 0. The summed E-state index contributed by atoms with van der Waals surface area (Å²) in [6.07, 6.45) is 13.9. The fourth-order valence-electron chi connectivity index (χ4n) is 6.11. The van der Waals surface area contributed by atoms with Crippen LogP contribution in [0.2, 0.25) is 0 Å². The Kier molecular flexibility index (Phi) is 9.64. The first-order chi connectivity index (χ1) is 18.2. The van der Waals surface area contributed by atoms with Crippen molar-refractivity contribution in [2.24, 2.45) is 0 Å². The molecule has 2 saturated carbocycles. The molecule has 0 saturated heterocycles. The van der Waals surface area contributed by atoms with Crippen LogP contribution in [-0.4, -0.2) is 0 Å². The Labute approximate surface area is 231 Å². The minimum absolute atomic E-state index is 0.0388. The molecule has 0 nitrogen and oxygen atoms in total. The van der Waals surface area contributed by atoms with Crippen LogP contribution in [0.15, 0.2) is 54.6 Å². The highest BCUT2D eigenvalue weighted by Gasteiger charge is 2.25. The average Bonchev–Trinajstić information content (AvgIpc) is 3.34. The number of allylic oxidation sites excluding steroid dienone is 2. The van der Waals surface area contributed by atoms with E-state index in [9.17, 15) is 4.39 Å². The zero-order valence-corrected chi connectivity index (χ0v) is 24.6. The Bertz CT molecular complexity index is 1270. The summed E-state index contributed by atoms with van der Waals surface area (Å²) in [6.45, 7) is 12.6. The molecule has 0 unspecified atom stereocenters. The standard InChI is InChI=1S/C13H17F.C13H16.C11H14/c1-9-7-8-10(2)13(14)12(9)11-5-3-4-6-11;1-10-7-8-11(2)13(9-10)12-5-3-4-6-12;1-8-3-4-9(2)11(7-8)10-5-6-10/h7-8,11H,3-6H2,1-2H3;5,7-9H,3-4,6H2,1-2H3;3-4,7,10H,5-6H2,1-2H3. The molecule has 3 aliphatic rings. The predicted octanol–water partition coefficient (Wildman–Crippen LogP) is 11.2. The van der Waals surface area contributed by atoms with Crippen molar-refractivity contribution in [1.29, 1.82) is 0 Å². The molecule has 3 aromatic carbocycles. The molecule has 0 N–H and O–H groups in total. The van der Waals surface area contributed by atoms with E-state index in [-0.39, 0.29) is 5.82 Å². The van der Waals surface area contributed by atoms with Gasteiger partial charge in [0.25, 0.3) is 0 Å². The Hall–Kier alpha value is -2.67. The minimum Gasteiger partial charge on any atom is -0.206 e. The van der Waals surface area contributed by atoms with Gasteiger partial charge in [0.2, 0.25) is 0 Å². The highest BCUT2D eigenvalue weighted by molar-refractivity contribution is 5.70. The van der Waals surface area contributed by atoms with Gasteiger partial charge in [-0.2, -0.15) is 0 Å². The van der Waals surface area contributed by atoms with Crippen molar-refractivity contribution in [3.8, 4) is 0 Å². The molecule has 0 radical (unpaired) electrons. The summed E-state index contributed by atoms with van der Waals surface area (Å²) in [5, 5.41) is 0. The average molecular weight is 511 g/mol. The number of benzene rings is 3. The lowest BCUT2D eigenvalue weighted by Gasteiger charge is -2.15. The Balaban J connectivity index is 0.000000134. The van der Waals surface area contributed by atoms with Gasteiger partial charge in [-0.1, -0.05) is 78.6 Å². The maximum atomic E-state index is 13.9. The number of hydrogen-bond acceptors (Lipinski definition) is 0. The van der Waals surface area contributed by atoms with Crippen LogP contribution in [0, 0.1) is 47.4 Å². The molecule has 2 fully saturated rings. The third-order valence-corrected chi connectivity index (χ3v) is 8.59. The minimum atomic E-state index is 0.0388. The number of aryl methyl sites for hydroxylation is 6. The zero-order valence-electron chi connectivity index (χ0n) is 24.6. The lowest BCUT2D eigenvalue weighted by Crippen LogP contribution is -2.01. The Morgan fingerprint density at radius 2 is 1.21 bits per heavy atom. The third-order valence-electron chi connectivity index (χ3n) is 8.59. The molecule has 202 valence electrons. The molecule has 0 aromatic heterocycles. The van der Waals surface area contributed by atoms with Gasteiger partial charge in [-0.15, -0.1) is 0 Å². The largest absolute Gasteiger partial charge is 0.206 e. The van der Waals surface area contributed by atoms with Gasteiger partial charge in [-0.05, 0) is 143 Å². The SMILES string of the molecule is Cc1ccc(C)c(C2=CCCC2)c1.Cc1ccc(C)c(C2CC2)c1.Cc1ccc(C)c(C2CCCC2)c1F. The highest BCUT2D eigenvalue weighted by Crippen LogP contribution is 2.41. The molecule has 0 atom stereocenters. The van der Waals surface area contributed by atoms with E-state index in [1.54, 1.807) is 11.1 Å². The van der Waals surface area contributed by atoms with Crippen LogP contribution < -0.4 is 0 Å². The van der Waals surface area contributed by atoms with Crippen molar-refractivity contribution in [2.45, 2.75) is 111 Å². The van der Waals surface area contributed by atoms with E-state index in [2.05, 4.69) is 70.2 Å². The van der Waals surface area contributed by atoms with Crippen LogP contribution in [0.3, 0.4) is 0 Å². The van der Waals surface area contributed by atoms with Gasteiger partial charge in [0.15, 0.2) is 0 Å². The molecule has 0 aliphatic heterocycles. The molecule has 1 heteroatoms. The van der Waals surface area contributed by atoms with E-state index < -0.39 is 0 Å². The summed E-state index contributed by atoms with van der Waals surface area (Å²) in [5.74, 6) is 1.42. The lowest BCUT2D eigenvalue weighted by molar-refractivity contribution is 0.570. The van der Waals surface area contributed by atoms with Crippen molar-refractivity contribution in [1.82, 2.24) is 0 Å². The first kappa shape index (κ1) is 28.3. The van der Waals surface area contributed by atoms with Crippen molar-refractivity contribution in [2.75, 3.05) is 0 Å². The topological polar surface area (TPSA) is 0 Å². The quantitative estimate of drug-likeness (QED) is 0.329. The van der Waals surface area contributed by atoms with Crippen molar-refractivity contribution in [3.05, 3.63) is 110 Å². The Morgan fingerprint density at radius 1 is 0.605 bits per heavy atom. The van der Waals surface area contributed by atoms with Crippen LogP contribution in [0.4, 0.5) is 4.39 Å². The lowest BCUT2D eigenvalue weighted by atomic mass is 9.91. The molecule has 3 aromatic rings. The van der Waals surface area contributed by atoms with Crippen molar-refractivity contribution >= 4 is 5.57 Å². The monoisotopic (exact) mass is 510 g/mol. The maximum absolute atomic E-state index is 13.9. The van der Waals surface area contributed by atoms with Gasteiger partial charge in [0, 0.05) is 0 Å². The van der Waals surface area contributed by atoms with Crippen molar-refractivity contribution in [3.63, 3.8) is 0 Å². The van der Waals surface area contributed by atoms with E-state index in [0.29, 0.717) is 5.92 Å². The van der Waals surface area contributed by atoms with Crippen LogP contribution in [0.5, 0.6) is 0 Å². The summed E-state index contributed by atoms with van der Waals surface area (Å²) >= 11 is 0. The van der Waals surface area contributed by atoms with Crippen LogP contribution in [-0.2, 0) is 0 Å². The first-order valence-electron chi connectivity index (χ1n) is 14.8. The zero-order chi connectivity index (χ0) is 27.2. The van der Waals surface area contributed by atoms with Gasteiger partial charge in [0.1, 0.15) is 5.82 Å². The molecular formula is C37H47F. The van der Waals surface area contributed by atoms with Gasteiger partial charge in [0.05, 0.1) is 0 Å². The third kappa shape index (κ3) is 7.25. The molecule has 6 rings (SSSR count). The first-order valence-corrected chi connectivity index (χ1v) is 14.8. The molecule has 0 bridgehead atoms. The van der Waals surface area contributed by atoms with Crippen LogP contribution in [0.1, 0.15) is 120 Å². The normalized spacial score (nSPS) is 16.9. The van der Waals surface area contributed by atoms with E-state index in [0.717, 1.165) is 22.6 Å². The second-order valence-corrected chi connectivity index (χ2v) is 12.0. The Morgan fingerprint density at radius 3 is 1.84 bits per heavy atom. The molecular weight excluding hydrogens is 463 g/mol. The number of rotatable bonds is 3. The number of hydrogen-bond donors (Lipinski definition) is 0. The summed E-state index contributed by atoms with van der Waals surface area (Å²) < 4.78 is 13.9. The second-order valence-electron chi connectivity index (χ2n) is 12.0. The van der Waals surface area contributed by atoms with Gasteiger partial charge < -0.3 is 0 Å². The second kappa shape index (κ2) is 12.9. The van der Waals surface area contributed by atoms with Gasteiger partial charge in [-0.3, -0.25) is 0 Å². The number of halogens is 1. The molecule has 38 heavy (non-hydrogen) atoms. The van der Waals surface area contributed by atoms with E-state index >= 15 is 0 Å². The fourth-order valence-corrected chi connectivity index (χ4v) is 6.11. The van der Waals surface area contributed by atoms with Crippen molar-refractivity contribution < 1.29 is 4.39 Å². The van der Waals surface area contributed by atoms with Gasteiger partial charge >= 0.3 is 0 Å². The summed E-state index contributed by atoms with van der Waals surface area (Å²) in [7, 11) is 0. The van der Waals surface area contributed by atoms with Crippen LogP contribution >= 0.6 is 0 Å². The molecule has 0 heterocycles. The highest BCUT2D eigenvalue weighted by atomic mass is 19.1. The van der Waals surface area contributed by atoms with Crippen LogP contribution in [0.25, 0.3) is 5.57 Å². The molecule has 0 amide bonds. The molecule has 3 aliphatic carbocycles. The van der Waals surface area contributed by atoms with E-state index in [1.807, 2.05) is 26.0 Å². The fraction of sp³-hybridized carbons (Fsp3) is 0.459. The van der Waals surface area contributed by atoms with E-state index in [1.165, 1.54) is 85.6 Å².